The highest BCUT2D eigenvalue weighted by molar-refractivity contribution is 5.54. The third kappa shape index (κ3) is 6.60. The van der Waals surface area contributed by atoms with E-state index in [2.05, 4.69) is 23.5 Å². The molecule has 0 aliphatic rings. The first-order chi connectivity index (χ1) is 11.8. The molecule has 0 radical (unpaired) electrons. The van der Waals surface area contributed by atoms with Crippen molar-refractivity contribution >= 4 is 5.69 Å². The van der Waals surface area contributed by atoms with E-state index in [1.807, 2.05) is 30.3 Å². The van der Waals surface area contributed by atoms with Crippen molar-refractivity contribution in [1.82, 2.24) is 5.32 Å². The number of aryl methyl sites for hydroxylation is 1. The fraction of sp³-hybridized carbons (Fsp3) is 0.400. The number of nitrogen functional groups attached to an aromatic ring is 1. The Bertz CT molecular complexity index is 587. The molecule has 0 aromatic heterocycles. The van der Waals surface area contributed by atoms with Crippen molar-refractivity contribution in [2.24, 2.45) is 0 Å². The maximum Gasteiger partial charge on any atom is 0.142 e. The number of ether oxygens (including phenoxy) is 1. The molecule has 0 amide bonds. The standard InChI is InChI=1S/C20H28N2O2/c21-19-16-18(8-4-12-22-13-5-14-23)9-10-20(19)24-15-11-17-6-2-1-3-7-17/h1-3,6-7,9-10,16,22-23H,4-5,8,11-15,21H2. The number of nitrogens with two attached hydrogens (primary N) is 1. The van der Waals surface area contributed by atoms with Crippen molar-refractivity contribution in [2.75, 3.05) is 32.0 Å². The van der Waals surface area contributed by atoms with Crippen LogP contribution in [0.1, 0.15) is 24.0 Å². The van der Waals surface area contributed by atoms with Gasteiger partial charge in [-0.1, -0.05) is 36.4 Å². The molecule has 0 atom stereocenters. The molecule has 0 fully saturated rings. The molecule has 0 spiro atoms. The van der Waals surface area contributed by atoms with Gasteiger partial charge in [0.15, 0.2) is 0 Å². The van der Waals surface area contributed by atoms with Crippen molar-refractivity contribution in [2.45, 2.75) is 25.7 Å². The lowest BCUT2D eigenvalue weighted by Crippen LogP contribution is -2.18. The minimum Gasteiger partial charge on any atom is -0.491 e. The lowest BCUT2D eigenvalue weighted by Gasteiger charge is -2.11. The Balaban J connectivity index is 1.71. The zero-order valence-corrected chi connectivity index (χ0v) is 14.2. The van der Waals surface area contributed by atoms with Crippen LogP contribution in [0.3, 0.4) is 0 Å². The van der Waals surface area contributed by atoms with Crippen molar-refractivity contribution in [3.8, 4) is 5.75 Å². The molecule has 0 aliphatic heterocycles. The monoisotopic (exact) mass is 328 g/mol. The van der Waals surface area contributed by atoms with Gasteiger partial charge in [-0.2, -0.15) is 0 Å². The molecule has 4 heteroatoms. The summed E-state index contributed by atoms with van der Waals surface area (Å²) in [4.78, 5) is 0. The average molecular weight is 328 g/mol. The Morgan fingerprint density at radius 1 is 0.917 bits per heavy atom. The van der Waals surface area contributed by atoms with Crippen LogP contribution in [0.2, 0.25) is 0 Å². The predicted molar refractivity (Wildman–Crippen MR) is 99.4 cm³/mol. The summed E-state index contributed by atoms with van der Waals surface area (Å²) < 4.78 is 5.80. The van der Waals surface area contributed by atoms with E-state index in [9.17, 15) is 0 Å². The van der Waals surface area contributed by atoms with E-state index < -0.39 is 0 Å². The molecule has 2 aromatic rings. The van der Waals surface area contributed by atoms with E-state index in [-0.39, 0.29) is 6.61 Å². The van der Waals surface area contributed by atoms with Gasteiger partial charge < -0.3 is 20.9 Å². The van der Waals surface area contributed by atoms with Crippen LogP contribution in [0.15, 0.2) is 48.5 Å². The molecule has 0 bridgehead atoms. The van der Waals surface area contributed by atoms with Crippen LogP contribution in [-0.2, 0) is 12.8 Å². The minimum absolute atomic E-state index is 0.245. The highest BCUT2D eigenvalue weighted by atomic mass is 16.5. The molecule has 130 valence electrons. The van der Waals surface area contributed by atoms with Gasteiger partial charge in [-0.05, 0) is 55.6 Å². The molecule has 24 heavy (non-hydrogen) atoms. The maximum absolute atomic E-state index is 8.72. The van der Waals surface area contributed by atoms with Gasteiger partial charge in [0, 0.05) is 13.0 Å². The second kappa shape index (κ2) is 10.7. The summed E-state index contributed by atoms with van der Waals surface area (Å²) in [5.41, 5.74) is 9.30. The first kappa shape index (κ1) is 18.3. The van der Waals surface area contributed by atoms with Crippen LogP contribution in [0, 0.1) is 0 Å². The van der Waals surface area contributed by atoms with Crippen LogP contribution in [0.5, 0.6) is 5.75 Å². The van der Waals surface area contributed by atoms with E-state index in [0.29, 0.717) is 12.3 Å². The highest BCUT2D eigenvalue weighted by Gasteiger charge is 2.03. The Morgan fingerprint density at radius 3 is 2.46 bits per heavy atom. The lowest BCUT2D eigenvalue weighted by molar-refractivity contribution is 0.286. The quantitative estimate of drug-likeness (QED) is 0.438. The zero-order valence-electron chi connectivity index (χ0n) is 14.2. The number of aliphatic hydroxyl groups excluding tert-OH is 1. The van der Waals surface area contributed by atoms with Crippen LogP contribution >= 0.6 is 0 Å². The van der Waals surface area contributed by atoms with Gasteiger partial charge in [0.2, 0.25) is 0 Å². The van der Waals surface area contributed by atoms with Crippen molar-refractivity contribution in [3.63, 3.8) is 0 Å². The van der Waals surface area contributed by atoms with E-state index >= 15 is 0 Å². The predicted octanol–water partition coefficient (Wildman–Crippen LogP) is 2.79. The second-order valence-electron chi connectivity index (χ2n) is 5.89. The summed E-state index contributed by atoms with van der Waals surface area (Å²) in [5.74, 6) is 0.760. The van der Waals surface area contributed by atoms with Crippen molar-refractivity contribution in [3.05, 3.63) is 59.7 Å². The number of hydrogen-bond donors (Lipinski definition) is 3. The van der Waals surface area contributed by atoms with E-state index in [1.165, 1.54) is 11.1 Å². The minimum atomic E-state index is 0.245. The first-order valence-electron chi connectivity index (χ1n) is 8.66. The van der Waals surface area contributed by atoms with Gasteiger partial charge in [0.25, 0.3) is 0 Å². The summed E-state index contributed by atoms with van der Waals surface area (Å²) in [5, 5.41) is 12.0. The molecule has 0 heterocycles. The molecule has 0 saturated carbocycles. The smallest absolute Gasteiger partial charge is 0.142 e. The van der Waals surface area contributed by atoms with E-state index in [4.69, 9.17) is 15.6 Å². The summed E-state index contributed by atoms with van der Waals surface area (Å²) in [7, 11) is 0. The number of rotatable bonds is 11. The zero-order chi connectivity index (χ0) is 17.0. The Labute approximate surface area is 144 Å². The molecule has 0 unspecified atom stereocenters. The van der Waals surface area contributed by atoms with Gasteiger partial charge in [-0.3, -0.25) is 0 Å². The van der Waals surface area contributed by atoms with E-state index in [1.54, 1.807) is 0 Å². The van der Waals surface area contributed by atoms with Gasteiger partial charge in [0.05, 0.1) is 12.3 Å². The van der Waals surface area contributed by atoms with Crippen LogP contribution in [0.25, 0.3) is 0 Å². The fourth-order valence-electron chi connectivity index (χ4n) is 2.55. The normalized spacial score (nSPS) is 10.7. The summed E-state index contributed by atoms with van der Waals surface area (Å²) in [6, 6.07) is 16.4. The molecule has 0 saturated heterocycles. The summed E-state index contributed by atoms with van der Waals surface area (Å²) in [6.45, 7) is 2.69. The summed E-state index contributed by atoms with van der Waals surface area (Å²) >= 11 is 0. The molecule has 0 aliphatic carbocycles. The SMILES string of the molecule is Nc1cc(CCCNCCCO)ccc1OCCc1ccccc1. The third-order valence-electron chi connectivity index (χ3n) is 3.90. The number of nitrogens with one attached hydrogen (secondary N) is 1. The molecule has 4 nitrogen and oxygen atoms in total. The lowest BCUT2D eigenvalue weighted by atomic mass is 10.1. The second-order valence-corrected chi connectivity index (χ2v) is 5.89. The molecular weight excluding hydrogens is 300 g/mol. The topological polar surface area (TPSA) is 67.5 Å². The Morgan fingerprint density at radius 2 is 1.71 bits per heavy atom. The average Bonchev–Trinajstić information content (AvgIpc) is 2.61. The number of aliphatic hydroxyl groups is 1. The van der Waals surface area contributed by atoms with Crippen molar-refractivity contribution in [1.29, 1.82) is 0 Å². The Kier molecular flexibility index (Phi) is 8.15. The Hall–Kier alpha value is -2.04. The molecule has 2 rings (SSSR count). The summed E-state index contributed by atoms with van der Waals surface area (Å²) in [6.07, 6.45) is 3.73. The van der Waals surface area contributed by atoms with Crippen LogP contribution < -0.4 is 15.8 Å². The van der Waals surface area contributed by atoms with Crippen molar-refractivity contribution < 1.29 is 9.84 Å². The van der Waals surface area contributed by atoms with Gasteiger partial charge in [-0.15, -0.1) is 0 Å². The number of anilines is 1. The highest BCUT2D eigenvalue weighted by Crippen LogP contribution is 2.23. The first-order valence-corrected chi connectivity index (χ1v) is 8.66. The van der Waals surface area contributed by atoms with Gasteiger partial charge in [-0.25, -0.2) is 0 Å². The van der Waals surface area contributed by atoms with Gasteiger partial charge in [0.1, 0.15) is 5.75 Å². The molecule has 2 aromatic carbocycles. The number of benzene rings is 2. The largest absolute Gasteiger partial charge is 0.491 e. The maximum atomic E-state index is 8.72. The third-order valence-corrected chi connectivity index (χ3v) is 3.90. The number of hydrogen-bond acceptors (Lipinski definition) is 4. The van der Waals surface area contributed by atoms with Gasteiger partial charge >= 0.3 is 0 Å². The molecular formula is C20H28N2O2. The fourth-order valence-corrected chi connectivity index (χ4v) is 2.55. The molecule has 4 N–H and O–H groups in total. The van der Waals surface area contributed by atoms with Crippen LogP contribution in [0.4, 0.5) is 5.69 Å². The van der Waals surface area contributed by atoms with Crippen LogP contribution in [-0.4, -0.2) is 31.4 Å². The van der Waals surface area contributed by atoms with E-state index in [0.717, 1.165) is 44.5 Å².